The summed E-state index contributed by atoms with van der Waals surface area (Å²) < 4.78 is 5.84. The van der Waals surface area contributed by atoms with Gasteiger partial charge in [-0.1, -0.05) is 24.3 Å². The molecule has 0 saturated carbocycles. The highest BCUT2D eigenvalue weighted by atomic mass is 16.5. The number of hydrogen-bond acceptors (Lipinski definition) is 3. The number of aromatic carboxylic acids is 1. The first-order valence-electron chi connectivity index (χ1n) is 6.51. The van der Waals surface area contributed by atoms with Crippen molar-refractivity contribution in [3.05, 3.63) is 65.9 Å². The molecule has 0 saturated heterocycles. The summed E-state index contributed by atoms with van der Waals surface area (Å²) >= 11 is 0. The number of carbonyl (C=O) groups is 1. The highest BCUT2D eigenvalue weighted by Crippen LogP contribution is 2.30. The number of rotatable bonds is 3. The number of benzene rings is 2. The zero-order valence-corrected chi connectivity index (χ0v) is 11.4. The molecule has 0 unspecified atom stereocenters. The van der Waals surface area contributed by atoms with Gasteiger partial charge < -0.3 is 9.84 Å². The number of fused-ring (bicyclic) bond motifs is 1. The molecule has 0 spiro atoms. The molecule has 0 amide bonds. The van der Waals surface area contributed by atoms with Gasteiger partial charge in [-0.2, -0.15) is 0 Å². The monoisotopic (exact) mass is 279 g/mol. The summed E-state index contributed by atoms with van der Waals surface area (Å²) in [5.74, 6) is -0.0109. The average molecular weight is 279 g/mol. The SMILES string of the molecule is Cc1ccc(C(=O)O)cc1Oc1nccc2ccccc12. The first kappa shape index (κ1) is 13.1. The number of aromatic nitrogens is 1. The second kappa shape index (κ2) is 5.25. The Morgan fingerprint density at radius 1 is 1.14 bits per heavy atom. The Kier molecular flexibility index (Phi) is 3.28. The van der Waals surface area contributed by atoms with Crippen LogP contribution in [0.25, 0.3) is 10.8 Å². The lowest BCUT2D eigenvalue weighted by atomic mass is 10.1. The number of aryl methyl sites for hydroxylation is 1. The lowest BCUT2D eigenvalue weighted by molar-refractivity contribution is 0.0696. The maximum atomic E-state index is 11.1. The summed E-state index contributed by atoms with van der Waals surface area (Å²) in [7, 11) is 0. The van der Waals surface area contributed by atoms with Crippen LogP contribution in [0.2, 0.25) is 0 Å². The third-order valence-electron chi connectivity index (χ3n) is 3.28. The molecular formula is C17H13NO3. The number of carboxylic acid groups (broad SMARTS) is 1. The lowest BCUT2D eigenvalue weighted by Crippen LogP contribution is -1.98. The Bertz CT molecular complexity index is 822. The van der Waals surface area contributed by atoms with E-state index in [1.165, 1.54) is 6.07 Å². The van der Waals surface area contributed by atoms with Gasteiger partial charge in [0.15, 0.2) is 0 Å². The summed E-state index contributed by atoms with van der Waals surface area (Å²) in [6, 6.07) is 14.5. The van der Waals surface area contributed by atoms with Crippen LogP contribution in [-0.2, 0) is 0 Å². The number of hydrogen-bond donors (Lipinski definition) is 1. The maximum Gasteiger partial charge on any atom is 0.335 e. The Hall–Kier alpha value is -2.88. The van der Waals surface area contributed by atoms with Crippen LogP contribution in [0, 0.1) is 6.92 Å². The predicted molar refractivity (Wildman–Crippen MR) is 80.0 cm³/mol. The highest BCUT2D eigenvalue weighted by molar-refractivity contribution is 5.89. The first-order valence-corrected chi connectivity index (χ1v) is 6.51. The molecule has 0 aliphatic carbocycles. The minimum absolute atomic E-state index is 0.191. The Morgan fingerprint density at radius 2 is 1.95 bits per heavy atom. The summed E-state index contributed by atoms with van der Waals surface area (Å²) in [5, 5.41) is 11.0. The Morgan fingerprint density at radius 3 is 2.76 bits per heavy atom. The molecule has 1 aromatic heterocycles. The van der Waals surface area contributed by atoms with Crippen LogP contribution in [0.5, 0.6) is 11.6 Å². The molecule has 1 heterocycles. The van der Waals surface area contributed by atoms with Gasteiger partial charge in [-0.3, -0.25) is 0 Å². The molecule has 0 atom stereocenters. The molecule has 21 heavy (non-hydrogen) atoms. The lowest BCUT2D eigenvalue weighted by Gasteiger charge is -2.10. The predicted octanol–water partition coefficient (Wildman–Crippen LogP) is 4.03. The van der Waals surface area contributed by atoms with Gasteiger partial charge in [-0.05, 0) is 42.1 Å². The van der Waals surface area contributed by atoms with Crippen molar-refractivity contribution in [2.24, 2.45) is 0 Å². The average Bonchev–Trinajstić information content (AvgIpc) is 2.49. The van der Waals surface area contributed by atoms with Crippen LogP contribution in [0.1, 0.15) is 15.9 Å². The molecule has 104 valence electrons. The summed E-state index contributed by atoms with van der Waals surface area (Å²) in [5.41, 5.74) is 1.05. The van der Waals surface area contributed by atoms with Gasteiger partial charge in [0.1, 0.15) is 5.75 Å². The van der Waals surface area contributed by atoms with Crippen molar-refractivity contribution >= 4 is 16.7 Å². The second-order valence-corrected chi connectivity index (χ2v) is 4.72. The topological polar surface area (TPSA) is 59.4 Å². The Balaban J connectivity index is 2.06. The molecule has 4 nitrogen and oxygen atoms in total. The van der Waals surface area contributed by atoms with Crippen LogP contribution < -0.4 is 4.74 Å². The van der Waals surface area contributed by atoms with Crippen LogP contribution in [0.3, 0.4) is 0 Å². The van der Waals surface area contributed by atoms with E-state index in [0.29, 0.717) is 11.6 Å². The number of pyridine rings is 1. The number of nitrogens with zero attached hydrogens (tertiary/aromatic N) is 1. The molecule has 3 aromatic rings. The zero-order chi connectivity index (χ0) is 14.8. The number of ether oxygens (including phenoxy) is 1. The van der Waals surface area contributed by atoms with Crippen molar-refractivity contribution in [2.45, 2.75) is 6.92 Å². The van der Waals surface area contributed by atoms with E-state index in [1.54, 1.807) is 18.3 Å². The van der Waals surface area contributed by atoms with Crippen molar-refractivity contribution in [2.75, 3.05) is 0 Å². The third kappa shape index (κ3) is 2.56. The van der Waals surface area contributed by atoms with Crippen molar-refractivity contribution in [1.82, 2.24) is 4.98 Å². The maximum absolute atomic E-state index is 11.1. The summed E-state index contributed by atoms with van der Waals surface area (Å²) in [4.78, 5) is 15.3. The first-order chi connectivity index (χ1) is 10.1. The Labute approximate surface area is 121 Å². The molecule has 0 radical (unpaired) electrons. The van der Waals surface area contributed by atoms with Crippen LogP contribution in [-0.4, -0.2) is 16.1 Å². The molecule has 0 aliphatic heterocycles. The van der Waals surface area contributed by atoms with Crippen molar-refractivity contribution in [1.29, 1.82) is 0 Å². The van der Waals surface area contributed by atoms with Crippen LogP contribution in [0.15, 0.2) is 54.7 Å². The molecule has 1 N–H and O–H groups in total. The minimum atomic E-state index is -0.981. The molecule has 0 aliphatic rings. The van der Waals surface area contributed by atoms with Gasteiger partial charge in [-0.15, -0.1) is 0 Å². The zero-order valence-electron chi connectivity index (χ0n) is 11.4. The highest BCUT2D eigenvalue weighted by Gasteiger charge is 2.10. The fourth-order valence-corrected chi connectivity index (χ4v) is 2.12. The minimum Gasteiger partial charge on any atom is -0.478 e. The fraction of sp³-hybridized carbons (Fsp3) is 0.0588. The van der Waals surface area contributed by atoms with Gasteiger partial charge in [0.2, 0.25) is 5.88 Å². The van der Waals surface area contributed by atoms with Crippen LogP contribution in [0.4, 0.5) is 0 Å². The van der Waals surface area contributed by atoms with Gasteiger partial charge in [-0.25, -0.2) is 9.78 Å². The van der Waals surface area contributed by atoms with Crippen LogP contribution >= 0.6 is 0 Å². The van der Waals surface area contributed by atoms with E-state index in [2.05, 4.69) is 4.98 Å². The summed E-state index contributed by atoms with van der Waals surface area (Å²) in [6.45, 7) is 1.87. The molecule has 3 rings (SSSR count). The van der Waals surface area contributed by atoms with Crippen molar-refractivity contribution in [3.63, 3.8) is 0 Å². The smallest absolute Gasteiger partial charge is 0.335 e. The summed E-state index contributed by atoms with van der Waals surface area (Å²) in [6.07, 6.45) is 1.67. The van der Waals surface area contributed by atoms with Gasteiger partial charge in [0, 0.05) is 11.6 Å². The number of carboxylic acids is 1. The largest absolute Gasteiger partial charge is 0.478 e. The molecule has 0 bridgehead atoms. The van der Waals surface area contributed by atoms with Crippen molar-refractivity contribution < 1.29 is 14.6 Å². The normalized spacial score (nSPS) is 10.5. The molecule has 4 heteroatoms. The van der Waals surface area contributed by atoms with E-state index in [-0.39, 0.29) is 5.56 Å². The van der Waals surface area contributed by atoms with E-state index in [1.807, 2.05) is 37.3 Å². The van der Waals surface area contributed by atoms with E-state index < -0.39 is 5.97 Å². The van der Waals surface area contributed by atoms with Gasteiger partial charge in [0.25, 0.3) is 0 Å². The van der Waals surface area contributed by atoms with Gasteiger partial charge in [0.05, 0.1) is 5.56 Å². The third-order valence-corrected chi connectivity index (χ3v) is 3.28. The van der Waals surface area contributed by atoms with Gasteiger partial charge >= 0.3 is 5.97 Å². The standard InChI is InChI=1S/C17H13NO3/c1-11-6-7-13(17(19)20)10-15(11)21-16-14-5-3-2-4-12(14)8-9-18-16/h2-10H,1H3,(H,19,20). The second-order valence-electron chi connectivity index (χ2n) is 4.72. The quantitative estimate of drug-likeness (QED) is 0.786. The molecule has 0 fully saturated rings. The molecular weight excluding hydrogens is 266 g/mol. The fourth-order valence-electron chi connectivity index (χ4n) is 2.12. The van der Waals surface area contributed by atoms with E-state index in [9.17, 15) is 4.79 Å². The van der Waals surface area contributed by atoms with E-state index in [0.717, 1.165) is 16.3 Å². The van der Waals surface area contributed by atoms with Crippen molar-refractivity contribution in [3.8, 4) is 11.6 Å². The van der Waals surface area contributed by atoms with E-state index in [4.69, 9.17) is 9.84 Å². The molecule has 2 aromatic carbocycles. The van der Waals surface area contributed by atoms with E-state index >= 15 is 0 Å².